The molecule has 1 aromatic carbocycles. The normalized spacial score (nSPS) is 10.8. The number of anilines is 1. The fraction of sp³-hybridized carbons (Fsp3) is 0.353. The first-order valence-electron chi connectivity index (χ1n) is 8.56. The zero-order valence-electron chi connectivity index (χ0n) is 15.6. The van der Waals surface area contributed by atoms with Crippen molar-refractivity contribution >= 4 is 46.3 Å². The zero-order chi connectivity index (χ0) is 20.4. The van der Waals surface area contributed by atoms with Crippen molar-refractivity contribution < 1.29 is 14.3 Å². The van der Waals surface area contributed by atoms with Crippen LogP contribution in [-0.4, -0.2) is 58.6 Å². The van der Waals surface area contributed by atoms with Crippen LogP contribution in [-0.2, 0) is 9.59 Å². The molecule has 0 radical (unpaired) electrons. The first-order chi connectivity index (χ1) is 13.5. The second-order valence-corrected chi connectivity index (χ2v) is 7.64. The van der Waals surface area contributed by atoms with E-state index in [1.54, 1.807) is 29.2 Å². The Kier molecular flexibility index (Phi) is 8.69. The van der Waals surface area contributed by atoms with Crippen LogP contribution in [0.15, 0.2) is 33.7 Å². The Labute approximate surface area is 171 Å². The van der Waals surface area contributed by atoms with Crippen LogP contribution in [0.5, 0.6) is 5.75 Å². The predicted molar refractivity (Wildman–Crippen MR) is 111 cm³/mol. The molecule has 0 saturated carbocycles. The monoisotopic (exact) mass is 422 g/mol. The Morgan fingerprint density at radius 2 is 2.00 bits per heavy atom. The number of hydrogen-bond acceptors (Lipinski definition) is 9. The van der Waals surface area contributed by atoms with Crippen molar-refractivity contribution in [1.82, 2.24) is 20.5 Å². The molecular weight excluding hydrogens is 400 g/mol. The Morgan fingerprint density at radius 1 is 1.29 bits per heavy atom. The van der Waals surface area contributed by atoms with Crippen LogP contribution in [0, 0.1) is 0 Å². The van der Waals surface area contributed by atoms with E-state index in [2.05, 4.69) is 20.7 Å². The number of amides is 2. The first kappa shape index (κ1) is 21.6. The maximum absolute atomic E-state index is 11.9. The molecule has 9 nitrogen and oxygen atoms in total. The van der Waals surface area contributed by atoms with Gasteiger partial charge in [-0.25, -0.2) is 5.43 Å². The number of carbonyl (C=O) groups excluding carboxylic acids is 2. The van der Waals surface area contributed by atoms with Crippen molar-refractivity contribution in [1.29, 1.82) is 0 Å². The number of thioether (sulfide) groups is 1. The number of likely N-dealkylation sites (N-methyl/N-ethyl adjacent to an activating group) is 1. The van der Waals surface area contributed by atoms with Crippen LogP contribution in [0.3, 0.4) is 0 Å². The molecule has 2 aromatic rings. The van der Waals surface area contributed by atoms with E-state index in [-0.39, 0.29) is 24.2 Å². The molecule has 3 N–H and O–H groups in total. The topological polar surface area (TPSA) is 123 Å². The number of hydrazone groups is 1. The van der Waals surface area contributed by atoms with Crippen molar-refractivity contribution in [3.63, 3.8) is 0 Å². The molecule has 0 spiro atoms. The lowest BCUT2D eigenvalue weighted by atomic mass is 10.2. The fourth-order valence-electron chi connectivity index (χ4n) is 2.08. The number of nitrogens with zero attached hydrogens (tertiary/aromatic N) is 4. The van der Waals surface area contributed by atoms with Gasteiger partial charge in [0.25, 0.3) is 11.8 Å². The van der Waals surface area contributed by atoms with E-state index in [1.807, 2.05) is 13.8 Å². The molecule has 0 saturated heterocycles. The van der Waals surface area contributed by atoms with Gasteiger partial charge in [0.2, 0.25) is 5.13 Å². The Balaban J connectivity index is 1.73. The van der Waals surface area contributed by atoms with Gasteiger partial charge >= 0.3 is 0 Å². The minimum Gasteiger partial charge on any atom is -0.484 e. The van der Waals surface area contributed by atoms with E-state index in [0.29, 0.717) is 28.3 Å². The third-order valence-electron chi connectivity index (χ3n) is 3.51. The van der Waals surface area contributed by atoms with Gasteiger partial charge in [-0.15, -0.1) is 10.2 Å². The van der Waals surface area contributed by atoms with Gasteiger partial charge in [-0.05, 0) is 43.7 Å². The molecule has 0 bridgehead atoms. The van der Waals surface area contributed by atoms with Crippen molar-refractivity contribution in [2.75, 3.05) is 31.2 Å². The number of benzene rings is 1. The number of nitrogens with two attached hydrogens (primary N) is 1. The molecule has 150 valence electrons. The summed E-state index contributed by atoms with van der Waals surface area (Å²) in [5, 5.41) is 11.8. The molecule has 28 heavy (non-hydrogen) atoms. The molecule has 11 heteroatoms. The Bertz CT molecular complexity index is 805. The number of hydrogen-bond donors (Lipinski definition) is 2. The summed E-state index contributed by atoms with van der Waals surface area (Å²) >= 11 is 2.47. The summed E-state index contributed by atoms with van der Waals surface area (Å²) in [4.78, 5) is 25.4. The van der Waals surface area contributed by atoms with Crippen LogP contribution >= 0.6 is 23.1 Å². The lowest BCUT2D eigenvalue weighted by Gasteiger charge is -2.18. The lowest BCUT2D eigenvalue weighted by molar-refractivity contribution is -0.133. The van der Waals surface area contributed by atoms with Gasteiger partial charge < -0.3 is 15.4 Å². The smallest absolute Gasteiger partial charge is 0.260 e. The fourth-order valence-corrected chi connectivity index (χ4v) is 3.51. The van der Waals surface area contributed by atoms with E-state index in [9.17, 15) is 9.59 Å². The molecule has 0 aliphatic rings. The summed E-state index contributed by atoms with van der Waals surface area (Å²) in [6, 6.07) is 7.06. The van der Waals surface area contributed by atoms with E-state index in [0.717, 1.165) is 5.56 Å². The average Bonchev–Trinajstić information content (AvgIpc) is 3.12. The van der Waals surface area contributed by atoms with Crippen molar-refractivity contribution in [2.45, 2.75) is 18.2 Å². The van der Waals surface area contributed by atoms with Gasteiger partial charge in [-0.3, -0.25) is 9.59 Å². The van der Waals surface area contributed by atoms with Crippen molar-refractivity contribution in [3.8, 4) is 5.75 Å². The number of aromatic nitrogens is 2. The van der Waals surface area contributed by atoms with Crippen LogP contribution in [0.4, 0.5) is 5.13 Å². The minimum atomic E-state index is -0.259. The standard InChI is InChI=1S/C17H22N6O3S2/c1-3-23(4-2)15(25)10-26-13-7-5-12(6-8-13)9-19-20-14(24)11-27-17-22-21-16(18)28-17/h5-9H,3-4,10-11H2,1-2H3,(H2,18,21)(H,20,24). The number of nitrogen functional groups attached to an aromatic ring is 1. The quantitative estimate of drug-likeness (QED) is 0.339. The molecule has 2 rings (SSSR count). The zero-order valence-corrected chi connectivity index (χ0v) is 17.3. The number of nitrogens with one attached hydrogen (secondary N) is 1. The van der Waals surface area contributed by atoms with Gasteiger partial charge in [0.05, 0.1) is 12.0 Å². The first-order valence-corrected chi connectivity index (χ1v) is 10.4. The van der Waals surface area contributed by atoms with E-state index in [4.69, 9.17) is 10.5 Å². The minimum absolute atomic E-state index is 0.00308. The highest BCUT2D eigenvalue weighted by Crippen LogP contribution is 2.22. The van der Waals surface area contributed by atoms with E-state index < -0.39 is 0 Å². The maximum Gasteiger partial charge on any atom is 0.260 e. The molecule has 0 atom stereocenters. The van der Waals surface area contributed by atoms with Crippen molar-refractivity contribution in [3.05, 3.63) is 29.8 Å². The molecule has 0 aliphatic heterocycles. The summed E-state index contributed by atoms with van der Waals surface area (Å²) in [6.07, 6.45) is 1.52. The molecular formula is C17H22N6O3S2. The molecule has 0 aliphatic carbocycles. The Hall–Kier alpha value is -2.66. The van der Waals surface area contributed by atoms with Gasteiger partial charge in [-0.2, -0.15) is 5.10 Å². The van der Waals surface area contributed by atoms with E-state index in [1.165, 1.54) is 29.3 Å². The van der Waals surface area contributed by atoms with Crippen LogP contribution in [0.25, 0.3) is 0 Å². The molecule has 2 amide bonds. The Morgan fingerprint density at radius 3 is 2.61 bits per heavy atom. The molecule has 1 aromatic heterocycles. The van der Waals surface area contributed by atoms with Gasteiger partial charge in [0.15, 0.2) is 10.9 Å². The summed E-state index contributed by atoms with van der Waals surface area (Å²) < 4.78 is 6.13. The second kappa shape index (κ2) is 11.2. The third-order valence-corrected chi connectivity index (χ3v) is 5.40. The highest BCUT2D eigenvalue weighted by molar-refractivity contribution is 8.01. The SMILES string of the molecule is CCN(CC)C(=O)COc1ccc(C=NNC(=O)CSc2nnc(N)s2)cc1. The predicted octanol–water partition coefficient (Wildman–Crippen LogP) is 1.61. The summed E-state index contributed by atoms with van der Waals surface area (Å²) in [5.41, 5.74) is 8.71. The highest BCUT2D eigenvalue weighted by Gasteiger charge is 2.10. The van der Waals surface area contributed by atoms with Crippen LogP contribution in [0.2, 0.25) is 0 Å². The third kappa shape index (κ3) is 7.16. The molecule has 0 fully saturated rings. The molecule has 0 unspecified atom stereocenters. The van der Waals surface area contributed by atoms with Gasteiger partial charge in [0, 0.05) is 13.1 Å². The largest absolute Gasteiger partial charge is 0.484 e. The van der Waals surface area contributed by atoms with Crippen LogP contribution < -0.4 is 15.9 Å². The summed E-state index contributed by atoms with van der Waals surface area (Å²) in [7, 11) is 0. The maximum atomic E-state index is 11.9. The average molecular weight is 423 g/mol. The van der Waals surface area contributed by atoms with Crippen LogP contribution in [0.1, 0.15) is 19.4 Å². The van der Waals surface area contributed by atoms with E-state index >= 15 is 0 Å². The second-order valence-electron chi connectivity index (χ2n) is 5.41. The van der Waals surface area contributed by atoms with Crippen molar-refractivity contribution in [2.24, 2.45) is 5.10 Å². The molecule has 1 heterocycles. The van der Waals surface area contributed by atoms with Gasteiger partial charge in [-0.1, -0.05) is 23.1 Å². The van der Waals surface area contributed by atoms with Gasteiger partial charge in [0.1, 0.15) is 5.75 Å². The summed E-state index contributed by atoms with van der Waals surface area (Å²) in [6.45, 7) is 5.18. The highest BCUT2D eigenvalue weighted by atomic mass is 32.2. The summed E-state index contributed by atoms with van der Waals surface area (Å²) in [5.74, 6) is 0.450. The number of rotatable bonds is 10. The number of ether oxygens (including phenoxy) is 1. The number of carbonyl (C=O) groups is 2. The lowest BCUT2D eigenvalue weighted by Crippen LogP contribution is -2.34.